The van der Waals surface area contributed by atoms with Crippen molar-refractivity contribution in [2.75, 3.05) is 32.1 Å². The maximum Gasteiger partial charge on any atom is 0.236 e. The number of hydrogen-bond acceptors (Lipinski definition) is 4. The highest BCUT2D eigenvalue weighted by atomic mass is 16.5. The van der Waals surface area contributed by atoms with Gasteiger partial charge in [-0.25, -0.2) is 0 Å². The molecule has 0 saturated carbocycles. The SMILES string of the molecule is CCNC(CN(C)c1ccccc1OC)C(N)=O. The van der Waals surface area contributed by atoms with Crippen molar-refractivity contribution in [3.05, 3.63) is 24.3 Å². The predicted octanol–water partition coefficient (Wildman–Crippen LogP) is 0.595. The van der Waals surface area contributed by atoms with Crippen LogP contribution in [-0.4, -0.2) is 39.2 Å². The molecule has 0 saturated heterocycles. The summed E-state index contributed by atoms with van der Waals surface area (Å²) >= 11 is 0. The van der Waals surface area contributed by atoms with Gasteiger partial charge in [-0.15, -0.1) is 0 Å². The van der Waals surface area contributed by atoms with Crippen molar-refractivity contribution in [2.45, 2.75) is 13.0 Å². The molecule has 1 rings (SSSR count). The molecule has 5 heteroatoms. The predicted molar refractivity (Wildman–Crippen MR) is 72.9 cm³/mol. The van der Waals surface area contributed by atoms with Crippen LogP contribution < -0.4 is 20.7 Å². The third-order valence-electron chi connectivity index (χ3n) is 2.75. The van der Waals surface area contributed by atoms with Crippen LogP contribution in [0.3, 0.4) is 0 Å². The van der Waals surface area contributed by atoms with Gasteiger partial charge in [0.25, 0.3) is 0 Å². The Morgan fingerprint density at radius 2 is 2.17 bits per heavy atom. The van der Waals surface area contributed by atoms with Crippen LogP contribution in [0.25, 0.3) is 0 Å². The van der Waals surface area contributed by atoms with Crippen molar-refractivity contribution in [1.82, 2.24) is 5.32 Å². The van der Waals surface area contributed by atoms with Crippen LogP contribution in [0.15, 0.2) is 24.3 Å². The monoisotopic (exact) mass is 251 g/mol. The summed E-state index contributed by atoms with van der Waals surface area (Å²) in [6.07, 6.45) is 0. The van der Waals surface area contributed by atoms with Gasteiger partial charge in [-0.2, -0.15) is 0 Å². The lowest BCUT2D eigenvalue weighted by molar-refractivity contribution is -0.119. The van der Waals surface area contributed by atoms with Gasteiger partial charge in [-0.05, 0) is 18.7 Å². The van der Waals surface area contributed by atoms with Gasteiger partial charge in [0.1, 0.15) is 11.8 Å². The second kappa shape index (κ2) is 6.86. The Bertz CT molecular complexity index is 396. The number of nitrogens with one attached hydrogen (secondary N) is 1. The fourth-order valence-electron chi connectivity index (χ4n) is 1.82. The van der Waals surface area contributed by atoms with Crippen LogP contribution >= 0.6 is 0 Å². The molecule has 0 spiro atoms. The number of nitrogens with two attached hydrogens (primary N) is 1. The normalized spacial score (nSPS) is 11.9. The molecule has 0 heterocycles. The van der Waals surface area contributed by atoms with Crippen LogP contribution in [0.5, 0.6) is 5.75 Å². The molecule has 18 heavy (non-hydrogen) atoms. The van der Waals surface area contributed by atoms with E-state index in [1.165, 1.54) is 0 Å². The van der Waals surface area contributed by atoms with Gasteiger partial charge in [0.15, 0.2) is 0 Å². The first-order valence-corrected chi connectivity index (χ1v) is 5.97. The van der Waals surface area contributed by atoms with Crippen molar-refractivity contribution < 1.29 is 9.53 Å². The number of methoxy groups -OCH3 is 1. The van der Waals surface area contributed by atoms with Crippen LogP contribution in [-0.2, 0) is 4.79 Å². The fourth-order valence-corrected chi connectivity index (χ4v) is 1.82. The van der Waals surface area contributed by atoms with Gasteiger partial charge in [-0.3, -0.25) is 4.79 Å². The molecule has 3 N–H and O–H groups in total. The summed E-state index contributed by atoms with van der Waals surface area (Å²) in [7, 11) is 3.54. The fraction of sp³-hybridized carbons (Fsp3) is 0.462. The second-order valence-electron chi connectivity index (χ2n) is 4.07. The molecule has 0 aromatic heterocycles. The van der Waals surface area contributed by atoms with Gasteiger partial charge < -0.3 is 20.7 Å². The van der Waals surface area contributed by atoms with E-state index in [-0.39, 0.29) is 11.9 Å². The summed E-state index contributed by atoms with van der Waals surface area (Å²) in [5.41, 5.74) is 6.29. The Morgan fingerprint density at radius 1 is 1.50 bits per heavy atom. The van der Waals surface area contributed by atoms with E-state index in [4.69, 9.17) is 10.5 Å². The topological polar surface area (TPSA) is 67.6 Å². The minimum atomic E-state index is -0.370. The van der Waals surface area contributed by atoms with E-state index in [0.29, 0.717) is 13.1 Å². The smallest absolute Gasteiger partial charge is 0.236 e. The molecule has 1 atom stereocenters. The van der Waals surface area contributed by atoms with E-state index < -0.39 is 0 Å². The molecule has 0 aliphatic carbocycles. The van der Waals surface area contributed by atoms with E-state index in [2.05, 4.69) is 5.32 Å². The quantitative estimate of drug-likeness (QED) is 0.744. The minimum absolute atomic E-state index is 0.349. The Labute approximate surface area is 108 Å². The van der Waals surface area contributed by atoms with Crippen LogP contribution in [0.2, 0.25) is 0 Å². The third-order valence-corrected chi connectivity index (χ3v) is 2.75. The first-order valence-electron chi connectivity index (χ1n) is 5.97. The molecule has 0 radical (unpaired) electrons. The number of primary amides is 1. The first-order chi connectivity index (χ1) is 8.60. The number of carbonyl (C=O) groups is 1. The number of amides is 1. The third kappa shape index (κ3) is 3.63. The van der Waals surface area contributed by atoms with Crippen molar-refractivity contribution in [3.8, 4) is 5.75 Å². The van der Waals surface area contributed by atoms with Gasteiger partial charge in [0, 0.05) is 13.6 Å². The molecule has 1 unspecified atom stereocenters. The highest BCUT2D eigenvalue weighted by Crippen LogP contribution is 2.26. The summed E-state index contributed by atoms with van der Waals surface area (Å²) in [6, 6.07) is 7.30. The zero-order chi connectivity index (χ0) is 13.5. The molecule has 0 fully saturated rings. The first kappa shape index (κ1) is 14.3. The number of rotatable bonds is 7. The standard InChI is InChI=1S/C13H21N3O2/c1-4-15-10(13(14)17)9-16(2)11-7-5-6-8-12(11)18-3/h5-8,10,15H,4,9H2,1-3H3,(H2,14,17). The van der Waals surface area contributed by atoms with Gasteiger partial charge in [-0.1, -0.05) is 19.1 Å². The molecule has 1 aromatic rings. The zero-order valence-corrected chi connectivity index (χ0v) is 11.1. The summed E-state index contributed by atoms with van der Waals surface area (Å²) < 4.78 is 5.29. The highest BCUT2D eigenvalue weighted by Gasteiger charge is 2.17. The minimum Gasteiger partial charge on any atom is -0.495 e. The largest absolute Gasteiger partial charge is 0.495 e. The maximum absolute atomic E-state index is 11.3. The maximum atomic E-state index is 11.3. The average Bonchev–Trinajstić information content (AvgIpc) is 2.37. The lowest BCUT2D eigenvalue weighted by Crippen LogP contribution is -2.48. The summed E-state index contributed by atoms with van der Waals surface area (Å²) in [6.45, 7) is 3.15. The van der Waals surface area contributed by atoms with Crippen LogP contribution in [0.1, 0.15) is 6.92 Å². The van der Waals surface area contributed by atoms with Crippen molar-refractivity contribution >= 4 is 11.6 Å². The van der Waals surface area contributed by atoms with E-state index >= 15 is 0 Å². The van der Waals surface area contributed by atoms with Gasteiger partial charge in [0.2, 0.25) is 5.91 Å². The Morgan fingerprint density at radius 3 is 2.72 bits per heavy atom. The highest BCUT2D eigenvalue weighted by molar-refractivity contribution is 5.80. The number of para-hydroxylation sites is 2. The number of ether oxygens (including phenoxy) is 1. The number of benzene rings is 1. The van der Waals surface area contributed by atoms with Crippen molar-refractivity contribution in [3.63, 3.8) is 0 Å². The van der Waals surface area contributed by atoms with E-state index in [9.17, 15) is 4.79 Å². The van der Waals surface area contributed by atoms with Crippen molar-refractivity contribution in [2.24, 2.45) is 5.73 Å². The van der Waals surface area contributed by atoms with E-state index in [1.54, 1.807) is 7.11 Å². The molecule has 1 amide bonds. The molecule has 1 aromatic carbocycles. The van der Waals surface area contributed by atoms with Crippen molar-refractivity contribution in [1.29, 1.82) is 0 Å². The summed E-state index contributed by atoms with van der Waals surface area (Å²) in [4.78, 5) is 13.3. The lowest BCUT2D eigenvalue weighted by atomic mass is 10.2. The lowest BCUT2D eigenvalue weighted by Gasteiger charge is -2.25. The van der Waals surface area contributed by atoms with E-state index in [1.807, 2.05) is 43.1 Å². The zero-order valence-electron chi connectivity index (χ0n) is 11.1. The molecule has 0 aliphatic heterocycles. The number of anilines is 1. The van der Waals surface area contributed by atoms with Crippen LogP contribution in [0.4, 0.5) is 5.69 Å². The number of nitrogens with zero attached hydrogens (tertiary/aromatic N) is 1. The molecular weight excluding hydrogens is 230 g/mol. The molecular formula is C13H21N3O2. The number of hydrogen-bond donors (Lipinski definition) is 2. The summed E-state index contributed by atoms with van der Waals surface area (Å²) in [5.74, 6) is 0.429. The van der Waals surface area contributed by atoms with E-state index in [0.717, 1.165) is 11.4 Å². The molecule has 0 bridgehead atoms. The molecule has 0 aliphatic rings. The average molecular weight is 251 g/mol. The summed E-state index contributed by atoms with van der Waals surface area (Å²) in [5, 5.41) is 3.06. The Hall–Kier alpha value is -1.75. The molecule has 100 valence electrons. The van der Waals surface area contributed by atoms with Gasteiger partial charge >= 0.3 is 0 Å². The Balaban J connectivity index is 2.79. The van der Waals surface area contributed by atoms with Crippen LogP contribution in [0, 0.1) is 0 Å². The Kier molecular flexibility index (Phi) is 5.45. The van der Waals surface area contributed by atoms with Gasteiger partial charge in [0.05, 0.1) is 12.8 Å². The number of carbonyl (C=O) groups excluding carboxylic acids is 1. The molecule has 5 nitrogen and oxygen atoms in total. The number of likely N-dealkylation sites (N-methyl/N-ethyl adjacent to an activating group) is 2. The second-order valence-corrected chi connectivity index (χ2v) is 4.07.